The highest BCUT2D eigenvalue weighted by Crippen LogP contribution is 2.60. The summed E-state index contributed by atoms with van der Waals surface area (Å²) < 4.78 is 7.20. The highest BCUT2D eigenvalue weighted by atomic mass is 16.5. The zero-order valence-electron chi connectivity index (χ0n) is 13.0. The number of hydrogen-bond donors (Lipinski definition) is 1. The number of hydrogen-bond acceptors (Lipinski definition) is 3. The standard InChI is InChI=1S/C16H27N3O/c1-12-6-15(19(2)18-12)10-16(11-17-4-5-20-3)8-13-7-14(13)9-16/h6,13-14,17H,4-5,7-11H2,1-3H3. The third-order valence-corrected chi connectivity index (χ3v) is 5.10. The molecule has 0 aliphatic heterocycles. The monoisotopic (exact) mass is 277 g/mol. The second-order valence-corrected chi connectivity index (χ2v) is 6.91. The number of nitrogens with one attached hydrogen (secondary N) is 1. The van der Waals surface area contributed by atoms with Crippen LogP contribution in [0.3, 0.4) is 0 Å². The summed E-state index contributed by atoms with van der Waals surface area (Å²) in [5.41, 5.74) is 2.96. The van der Waals surface area contributed by atoms with E-state index in [4.69, 9.17) is 4.74 Å². The van der Waals surface area contributed by atoms with Gasteiger partial charge in [0.2, 0.25) is 0 Å². The number of aryl methyl sites for hydroxylation is 2. The molecular formula is C16H27N3O. The van der Waals surface area contributed by atoms with Gasteiger partial charge in [0.05, 0.1) is 12.3 Å². The summed E-state index contributed by atoms with van der Waals surface area (Å²) in [4.78, 5) is 0. The Morgan fingerprint density at radius 3 is 2.80 bits per heavy atom. The van der Waals surface area contributed by atoms with E-state index in [0.29, 0.717) is 5.41 Å². The molecule has 1 aromatic rings. The minimum atomic E-state index is 0.446. The molecule has 1 N–H and O–H groups in total. The first-order valence-corrected chi connectivity index (χ1v) is 7.81. The first-order chi connectivity index (χ1) is 9.62. The number of aromatic nitrogens is 2. The summed E-state index contributed by atoms with van der Waals surface area (Å²) in [6.45, 7) is 4.96. The number of methoxy groups -OCH3 is 1. The van der Waals surface area contributed by atoms with Crippen LogP contribution in [-0.4, -0.2) is 36.6 Å². The largest absolute Gasteiger partial charge is 0.383 e. The SMILES string of the molecule is COCCNCC1(Cc2cc(C)nn2C)CC2CC2C1. The molecule has 2 saturated carbocycles. The lowest BCUT2D eigenvalue weighted by Crippen LogP contribution is -2.37. The van der Waals surface area contributed by atoms with Gasteiger partial charge in [-0.3, -0.25) is 4.68 Å². The Balaban J connectivity index is 1.65. The smallest absolute Gasteiger partial charge is 0.0596 e. The van der Waals surface area contributed by atoms with Gasteiger partial charge in [0.15, 0.2) is 0 Å². The van der Waals surface area contributed by atoms with Crippen molar-refractivity contribution in [3.63, 3.8) is 0 Å². The number of ether oxygens (including phenoxy) is 1. The Hall–Kier alpha value is -0.870. The van der Waals surface area contributed by atoms with E-state index in [1.54, 1.807) is 7.11 Å². The fourth-order valence-electron chi connectivity index (χ4n) is 4.10. The van der Waals surface area contributed by atoms with Gasteiger partial charge in [-0.1, -0.05) is 0 Å². The molecule has 4 nitrogen and oxygen atoms in total. The van der Waals surface area contributed by atoms with Gasteiger partial charge in [-0.05, 0) is 55.9 Å². The number of nitrogens with zero attached hydrogens (tertiary/aromatic N) is 2. The molecule has 0 spiro atoms. The van der Waals surface area contributed by atoms with Gasteiger partial charge in [0.25, 0.3) is 0 Å². The molecule has 0 saturated heterocycles. The molecule has 1 heterocycles. The fraction of sp³-hybridized carbons (Fsp3) is 0.812. The van der Waals surface area contributed by atoms with Gasteiger partial charge in [0.1, 0.15) is 0 Å². The summed E-state index contributed by atoms with van der Waals surface area (Å²) in [7, 11) is 3.84. The second-order valence-electron chi connectivity index (χ2n) is 6.91. The lowest BCUT2D eigenvalue weighted by Gasteiger charge is -2.31. The van der Waals surface area contributed by atoms with E-state index < -0.39 is 0 Å². The van der Waals surface area contributed by atoms with E-state index in [1.165, 1.54) is 25.0 Å². The molecular weight excluding hydrogens is 250 g/mol. The van der Waals surface area contributed by atoms with Crippen molar-refractivity contribution in [1.82, 2.24) is 15.1 Å². The Morgan fingerprint density at radius 1 is 1.45 bits per heavy atom. The van der Waals surface area contributed by atoms with Crippen LogP contribution in [0.4, 0.5) is 0 Å². The zero-order valence-corrected chi connectivity index (χ0v) is 13.0. The van der Waals surface area contributed by atoms with E-state index in [1.807, 2.05) is 0 Å². The fourth-order valence-corrected chi connectivity index (χ4v) is 4.10. The Kier molecular flexibility index (Phi) is 3.87. The van der Waals surface area contributed by atoms with Gasteiger partial charge in [-0.15, -0.1) is 0 Å². The Bertz CT molecular complexity index is 458. The minimum Gasteiger partial charge on any atom is -0.383 e. The molecule has 4 heteroatoms. The van der Waals surface area contributed by atoms with Crippen LogP contribution in [0, 0.1) is 24.2 Å². The molecule has 20 heavy (non-hydrogen) atoms. The molecule has 0 radical (unpaired) electrons. The van der Waals surface area contributed by atoms with Crippen molar-refractivity contribution in [1.29, 1.82) is 0 Å². The van der Waals surface area contributed by atoms with Crippen molar-refractivity contribution in [2.45, 2.75) is 32.6 Å². The quantitative estimate of drug-likeness (QED) is 0.774. The van der Waals surface area contributed by atoms with E-state index >= 15 is 0 Å². The summed E-state index contributed by atoms with van der Waals surface area (Å²) in [5.74, 6) is 2.02. The number of fused-ring (bicyclic) bond motifs is 1. The van der Waals surface area contributed by atoms with Gasteiger partial charge < -0.3 is 10.1 Å². The van der Waals surface area contributed by atoms with Crippen LogP contribution < -0.4 is 5.32 Å². The molecule has 0 amide bonds. The van der Waals surface area contributed by atoms with Crippen molar-refractivity contribution in [3.8, 4) is 0 Å². The molecule has 2 fully saturated rings. The highest BCUT2D eigenvalue weighted by Gasteiger charge is 2.53. The maximum absolute atomic E-state index is 5.13. The maximum Gasteiger partial charge on any atom is 0.0596 e. The second kappa shape index (κ2) is 5.49. The molecule has 2 aliphatic rings. The Labute approximate surface area is 121 Å². The molecule has 2 atom stereocenters. The van der Waals surface area contributed by atoms with Gasteiger partial charge >= 0.3 is 0 Å². The first kappa shape index (κ1) is 14.1. The van der Waals surface area contributed by atoms with Gasteiger partial charge in [-0.2, -0.15) is 5.10 Å². The lowest BCUT2D eigenvalue weighted by atomic mass is 9.78. The van der Waals surface area contributed by atoms with Crippen molar-refractivity contribution >= 4 is 0 Å². The predicted octanol–water partition coefficient (Wildman–Crippen LogP) is 1.92. The van der Waals surface area contributed by atoms with Crippen molar-refractivity contribution in [3.05, 3.63) is 17.5 Å². The predicted molar refractivity (Wildman–Crippen MR) is 79.7 cm³/mol. The molecule has 3 rings (SSSR count). The average Bonchev–Trinajstić information content (AvgIpc) is 2.89. The highest BCUT2D eigenvalue weighted by molar-refractivity contribution is 5.15. The molecule has 2 unspecified atom stereocenters. The number of rotatable bonds is 7. The van der Waals surface area contributed by atoms with Crippen LogP contribution in [-0.2, 0) is 18.2 Å². The summed E-state index contributed by atoms with van der Waals surface area (Å²) in [5, 5.41) is 8.10. The minimum absolute atomic E-state index is 0.446. The topological polar surface area (TPSA) is 39.1 Å². The van der Waals surface area contributed by atoms with Crippen LogP contribution in [0.15, 0.2) is 6.07 Å². The molecule has 0 bridgehead atoms. The van der Waals surface area contributed by atoms with Crippen molar-refractivity contribution in [2.75, 3.05) is 26.8 Å². The van der Waals surface area contributed by atoms with Crippen LogP contribution in [0.5, 0.6) is 0 Å². The summed E-state index contributed by atoms with van der Waals surface area (Å²) in [6.07, 6.45) is 5.42. The third-order valence-electron chi connectivity index (χ3n) is 5.10. The van der Waals surface area contributed by atoms with Crippen LogP contribution in [0.1, 0.15) is 30.7 Å². The van der Waals surface area contributed by atoms with Crippen LogP contribution in [0.25, 0.3) is 0 Å². The van der Waals surface area contributed by atoms with Crippen LogP contribution in [0.2, 0.25) is 0 Å². The van der Waals surface area contributed by atoms with E-state index in [9.17, 15) is 0 Å². The summed E-state index contributed by atoms with van der Waals surface area (Å²) >= 11 is 0. The Morgan fingerprint density at radius 2 is 2.20 bits per heavy atom. The maximum atomic E-state index is 5.13. The van der Waals surface area contributed by atoms with Crippen LogP contribution >= 0.6 is 0 Å². The van der Waals surface area contributed by atoms with Crippen molar-refractivity contribution in [2.24, 2.45) is 24.3 Å². The third kappa shape index (κ3) is 2.91. The van der Waals surface area contributed by atoms with Crippen molar-refractivity contribution < 1.29 is 4.74 Å². The van der Waals surface area contributed by atoms with E-state index in [2.05, 4.69) is 35.1 Å². The molecule has 112 valence electrons. The first-order valence-electron chi connectivity index (χ1n) is 7.81. The average molecular weight is 277 g/mol. The lowest BCUT2D eigenvalue weighted by molar-refractivity contribution is 0.185. The van der Waals surface area contributed by atoms with E-state index in [-0.39, 0.29) is 0 Å². The molecule has 1 aromatic heterocycles. The molecule has 2 aliphatic carbocycles. The van der Waals surface area contributed by atoms with Gasteiger partial charge in [0, 0.05) is 32.9 Å². The summed E-state index contributed by atoms with van der Waals surface area (Å²) in [6, 6.07) is 2.25. The normalized spacial score (nSPS) is 31.6. The molecule has 0 aromatic carbocycles. The zero-order chi connectivity index (χ0) is 14.2. The van der Waals surface area contributed by atoms with Gasteiger partial charge in [-0.25, -0.2) is 0 Å². The van der Waals surface area contributed by atoms with E-state index in [0.717, 1.165) is 43.6 Å².